The van der Waals surface area contributed by atoms with Gasteiger partial charge < -0.3 is 5.32 Å². The summed E-state index contributed by atoms with van der Waals surface area (Å²) in [4.78, 5) is 12.1. The molecular weight excluding hydrogens is 350 g/mol. The van der Waals surface area contributed by atoms with Gasteiger partial charge >= 0.3 is 0 Å². The fraction of sp³-hybridized carbons (Fsp3) is 0.625. The first-order chi connectivity index (χ1) is 11.2. The largest absolute Gasteiger partial charge is 0.346 e. The van der Waals surface area contributed by atoms with Crippen molar-refractivity contribution in [2.75, 3.05) is 11.5 Å². The number of unbranched alkanes of at least 4 members (excludes halogenated alkanes) is 1. The number of nitrogens with zero attached hydrogens (tertiary/aromatic N) is 2. The molecule has 1 aliphatic rings. The molecule has 1 fully saturated rings. The molecule has 8 heteroatoms. The van der Waals surface area contributed by atoms with Gasteiger partial charge in [0.05, 0.1) is 22.7 Å². The van der Waals surface area contributed by atoms with E-state index in [2.05, 4.69) is 17.3 Å². The van der Waals surface area contributed by atoms with Crippen molar-refractivity contribution < 1.29 is 13.2 Å². The smallest absolute Gasteiger partial charge is 0.244 e. The first-order valence-corrected chi connectivity index (χ1v) is 10.3. The van der Waals surface area contributed by atoms with Gasteiger partial charge in [-0.1, -0.05) is 24.9 Å². The Morgan fingerprint density at radius 1 is 1.50 bits per heavy atom. The number of carbonyl (C=O) groups excluding carboxylic acids is 1. The van der Waals surface area contributed by atoms with Crippen LogP contribution in [0, 0.1) is 6.92 Å². The Labute approximate surface area is 148 Å². The van der Waals surface area contributed by atoms with E-state index >= 15 is 0 Å². The molecule has 0 bridgehead atoms. The molecule has 24 heavy (non-hydrogen) atoms. The van der Waals surface area contributed by atoms with Crippen LogP contribution in [0.1, 0.15) is 44.4 Å². The number of aromatic nitrogens is 2. The van der Waals surface area contributed by atoms with Crippen LogP contribution in [-0.4, -0.2) is 41.2 Å². The molecule has 0 radical (unpaired) electrons. The van der Waals surface area contributed by atoms with Crippen molar-refractivity contribution >= 4 is 33.4 Å². The lowest BCUT2D eigenvalue weighted by atomic mass is 10.0. The second-order valence-electron chi connectivity index (χ2n) is 6.59. The summed E-state index contributed by atoms with van der Waals surface area (Å²) in [5.41, 5.74) is 0.770. The van der Waals surface area contributed by atoms with Crippen LogP contribution in [0.4, 0.5) is 0 Å². The molecule has 1 N–H and O–H groups in total. The summed E-state index contributed by atoms with van der Waals surface area (Å²) >= 11 is 6.32. The van der Waals surface area contributed by atoms with Gasteiger partial charge in [0.2, 0.25) is 5.91 Å². The number of amides is 1. The third-order valence-electron chi connectivity index (χ3n) is 4.16. The van der Waals surface area contributed by atoms with Crippen molar-refractivity contribution in [3.05, 3.63) is 22.5 Å². The molecule has 1 aromatic rings. The summed E-state index contributed by atoms with van der Waals surface area (Å²) < 4.78 is 24.9. The third kappa shape index (κ3) is 4.60. The summed E-state index contributed by atoms with van der Waals surface area (Å²) in [6.45, 7) is 6.44. The zero-order valence-corrected chi connectivity index (χ0v) is 15.9. The summed E-state index contributed by atoms with van der Waals surface area (Å²) in [5, 5.41) is 7.68. The molecule has 1 saturated heterocycles. The molecule has 1 amide bonds. The van der Waals surface area contributed by atoms with Gasteiger partial charge in [0.1, 0.15) is 5.15 Å². The Hall–Kier alpha value is -1.34. The average Bonchev–Trinajstić information content (AvgIpc) is 2.90. The average molecular weight is 374 g/mol. The van der Waals surface area contributed by atoms with E-state index in [9.17, 15) is 13.2 Å². The lowest BCUT2D eigenvalue weighted by Crippen LogP contribution is -2.46. The number of hydrogen-bond donors (Lipinski definition) is 1. The van der Waals surface area contributed by atoms with Crippen LogP contribution >= 0.6 is 11.6 Å². The summed E-state index contributed by atoms with van der Waals surface area (Å²) in [6.07, 6.45) is 5.48. The maximum Gasteiger partial charge on any atom is 0.244 e. The van der Waals surface area contributed by atoms with Gasteiger partial charge in [-0.3, -0.25) is 9.48 Å². The normalized spacial score (nSPS) is 23.0. The molecule has 0 aromatic carbocycles. The van der Waals surface area contributed by atoms with Crippen molar-refractivity contribution in [2.45, 2.75) is 52.1 Å². The van der Waals surface area contributed by atoms with Crippen molar-refractivity contribution in [1.82, 2.24) is 15.1 Å². The van der Waals surface area contributed by atoms with E-state index in [1.807, 2.05) is 6.92 Å². The standard InChI is InChI=1S/C16H24ClN3O3S/c1-4-5-9-20-15(17)13(12(2)19-20)6-7-14(21)18-16(3)8-10-24(22,23)11-16/h6-7H,4-5,8-11H2,1-3H3,(H,18,21). The number of sulfone groups is 1. The first kappa shape index (κ1) is 19.0. The van der Waals surface area contributed by atoms with Gasteiger partial charge in [-0.05, 0) is 32.8 Å². The van der Waals surface area contributed by atoms with Gasteiger partial charge in [0.25, 0.3) is 0 Å². The number of rotatable bonds is 6. The quantitative estimate of drug-likeness (QED) is 0.776. The molecule has 0 aliphatic carbocycles. The summed E-state index contributed by atoms with van der Waals surface area (Å²) in [6, 6.07) is 0. The van der Waals surface area contributed by atoms with Crippen LogP contribution in [0.2, 0.25) is 5.15 Å². The molecule has 0 saturated carbocycles. The van der Waals surface area contributed by atoms with E-state index in [-0.39, 0.29) is 17.4 Å². The topological polar surface area (TPSA) is 81.1 Å². The highest BCUT2D eigenvalue weighted by molar-refractivity contribution is 7.91. The van der Waals surface area contributed by atoms with E-state index in [1.165, 1.54) is 6.08 Å². The van der Waals surface area contributed by atoms with Crippen molar-refractivity contribution in [1.29, 1.82) is 0 Å². The number of aryl methyl sites for hydroxylation is 2. The fourth-order valence-electron chi connectivity index (χ4n) is 2.82. The minimum atomic E-state index is -3.06. The van der Waals surface area contributed by atoms with Crippen LogP contribution in [0.3, 0.4) is 0 Å². The Kier molecular flexibility index (Phi) is 5.75. The van der Waals surface area contributed by atoms with E-state index < -0.39 is 15.4 Å². The van der Waals surface area contributed by atoms with Gasteiger partial charge in [0, 0.05) is 18.2 Å². The van der Waals surface area contributed by atoms with Crippen molar-refractivity contribution in [3.63, 3.8) is 0 Å². The lowest BCUT2D eigenvalue weighted by Gasteiger charge is -2.22. The summed E-state index contributed by atoms with van der Waals surface area (Å²) in [7, 11) is -3.06. The second kappa shape index (κ2) is 7.27. The molecule has 1 unspecified atom stereocenters. The summed E-state index contributed by atoms with van der Waals surface area (Å²) in [5.74, 6) is -0.233. The van der Waals surface area contributed by atoms with E-state index in [4.69, 9.17) is 11.6 Å². The molecule has 134 valence electrons. The Morgan fingerprint density at radius 2 is 2.21 bits per heavy atom. The predicted octanol–water partition coefficient (Wildman–Crippen LogP) is 2.35. The van der Waals surface area contributed by atoms with Crippen LogP contribution in [0.25, 0.3) is 6.08 Å². The molecule has 1 aromatic heterocycles. The molecule has 2 heterocycles. The number of halogens is 1. The maximum atomic E-state index is 12.1. The second-order valence-corrected chi connectivity index (χ2v) is 9.13. The zero-order valence-electron chi connectivity index (χ0n) is 14.3. The molecule has 6 nitrogen and oxygen atoms in total. The Morgan fingerprint density at radius 3 is 2.79 bits per heavy atom. The van der Waals surface area contributed by atoms with Gasteiger partial charge in [0.15, 0.2) is 9.84 Å². The van der Waals surface area contributed by atoms with E-state index in [0.29, 0.717) is 17.1 Å². The monoisotopic (exact) mass is 373 g/mol. The first-order valence-electron chi connectivity index (χ1n) is 8.09. The minimum absolute atomic E-state index is 0.0195. The SMILES string of the molecule is CCCCn1nc(C)c(C=CC(=O)NC2(C)CCS(=O)(=O)C2)c1Cl. The van der Waals surface area contributed by atoms with E-state index in [0.717, 1.165) is 25.1 Å². The highest BCUT2D eigenvalue weighted by atomic mass is 35.5. The molecule has 0 spiro atoms. The number of hydrogen-bond acceptors (Lipinski definition) is 4. The minimum Gasteiger partial charge on any atom is -0.346 e. The molecule has 1 atom stereocenters. The Bertz CT molecular complexity index is 755. The third-order valence-corrected chi connectivity index (χ3v) is 6.46. The van der Waals surface area contributed by atoms with Crippen molar-refractivity contribution in [3.8, 4) is 0 Å². The van der Waals surface area contributed by atoms with Crippen molar-refractivity contribution in [2.24, 2.45) is 0 Å². The molecule has 1 aliphatic heterocycles. The van der Waals surface area contributed by atoms with Crippen LogP contribution in [0.15, 0.2) is 6.08 Å². The van der Waals surface area contributed by atoms with Gasteiger partial charge in [-0.2, -0.15) is 5.10 Å². The number of nitrogens with one attached hydrogen (secondary N) is 1. The lowest BCUT2D eigenvalue weighted by molar-refractivity contribution is -0.117. The van der Waals surface area contributed by atoms with Crippen LogP contribution < -0.4 is 5.32 Å². The zero-order chi connectivity index (χ0) is 18.0. The maximum absolute atomic E-state index is 12.1. The van der Waals surface area contributed by atoms with E-state index in [1.54, 1.807) is 17.7 Å². The van der Waals surface area contributed by atoms with Gasteiger partial charge in [-0.25, -0.2) is 8.42 Å². The molecule has 2 rings (SSSR count). The van der Waals surface area contributed by atoms with Crippen LogP contribution in [0.5, 0.6) is 0 Å². The Balaban J connectivity index is 2.05. The van der Waals surface area contributed by atoms with Crippen LogP contribution in [-0.2, 0) is 21.2 Å². The molecular formula is C16H24ClN3O3S. The highest BCUT2D eigenvalue weighted by Crippen LogP contribution is 2.24. The number of carbonyl (C=O) groups is 1. The predicted molar refractivity (Wildman–Crippen MR) is 95.7 cm³/mol. The fourth-order valence-corrected chi connectivity index (χ4v) is 5.23. The van der Waals surface area contributed by atoms with Gasteiger partial charge in [-0.15, -0.1) is 0 Å². The highest BCUT2D eigenvalue weighted by Gasteiger charge is 2.39.